The molecule has 8 nitrogen and oxygen atoms in total. The molecule has 0 bridgehead atoms. The molecule has 1 fully saturated rings. The first kappa shape index (κ1) is 21.0. The van der Waals surface area contributed by atoms with Crippen LogP contribution < -0.4 is 10.6 Å². The molecule has 0 N–H and O–H groups in total. The van der Waals surface area contributed by atoms with Crippen LogP contribution in [0.1, 0.15) is 16.7 Å². The average Bonchev–Trinajstić information content (AvgIpc) is 3.11. The maximum Gasteiger partial charge on any atom is 0.328 e. The summed E-state index contributed by atoms with van der Waals surface area (Å²) < 4.78 is 3.12. The third-order valence-corrected chi connectivity index (χ3v) is 6.75. The van der Waals surface area contributed by atoms with Crippen LogP contribution in [0.3, 0.4) is 0 Å². The number of rotatable bonds is 3. The molecule has 2 aromatic carbocycles. The zero-order valence-corrected chi connectivity index (χ0v) is 18.8. The maximum absolute atomic E-state index is 13.1. The van der Waals surface area contributed by atoms with Crippen LogP contribution in [0.4, 0.5) is 11.4 Å². The SMILES string of the molecule is Cc1ccc(N2C(=O)/C(=C/c3cc4c(cc3[N+](=O)[O-])n(C)c(=O)n4C)SC2=S)cc1C. The summed E-state index contributed by atoms with van der Waals surface area (Å²) in [5, 5.41) is 11.7. The Kier molecular flexibility index (Phi) is 5.06. The minimum absolute atomic E-state index is 0.190. The number of nitro benzene ring substituents is 1. The van der Waals surface area contributed by atoms with Crippen molar-refractivity contribution >= 4 is 62.7 Å². The summed E-state index contributed by atoms with van der Waals surface area (Å²) in [7, 11) is 3.15. The van der Waals surface area contributed by atoms with Crippen LogP contribution in [0.2, 0.25) is 0 Å². The number of aryl methyl sites for hydroxylation is 4. The van der Waals surface area contributed by atoms with Crippen LogP contribution in [0.5, 0.6) is 0 Å². The molecule has 0 spiro atoms. The summed E-state index contributed by atoms with van der Waals surface area (Å²) in [6.45, 7) is 3.94. The number of fused-ring (bicyclic) bond motifs is 1. The highest BCUT2D eigenvalue weighted by atomic mass is 32.2. The van der Waals surface area contributed by atoms with Gasteiger partial charge in [0.1, 0.15) is 0 Å². The van der Waals surface area contributed by atoms with Gasteiger partial charge in [0.05, 0.1) is 32.1 Å². The lowest BCUT2D eigenvalue weighted by Crippen LogP contribution is -2.27. The number of carbonyl (C=O) groups excluding carboxylic acids is 1. The molecule has 1 aliphatic heterocycles. The number of hydrogen-bond acceptors (Lipinski definition) is 6. The molecule has 4 rings (SSSR count). The molecule has 10 heteroatoms. The smallest absolute Gasteiger partial charge is 0.295 e. The average molecular weight is 455 g/mol. The van der Waals surface area contributed by atoms with E-state index in [4.69, 9.17) is 12.2 Å². The fourth-order valence-corrected chi connectivity index (χ4v) is 4.81. The Morgan fingerprint density at radius 3 is 2.29 bits per heavy atom. The minimum atomic E-state index is -0.521. The van der Waals surface area contributed by atoms with Gasteiger partial charge in [0.15, 0.2) is 4.32 Å². The van der Waals surface area contributed by atoms with Crippen molar-refractivity contribution in [2.75, 3.05) is 4.90 Å². The number of benzene rings is 2. The topological polar surface area (TPSA) is 90.4 Å². The fraction of sp³-hybridized carbons (Fsp3) is 0.190. The minimum Gasteiger partial charge on any atom is -0.295 e. The van der Waals surface area contributed by atoms with Crippen molar-refractivity contribution in [2.45, 2.75) is 13.8 Å². The monoisotopic (exact) mass is 454 g/mol. The molecule has 31 heavy (non-hydrogen) atoms. The van der Waals surface area contributed by atoms with Crippen LogP contribution >= 0.6 is 24.0 Å². The van der Waals surface area contributed by atoms with Gasteiger partial charge in [-0.1, -0.05) is 30.0 Å². The number of thiocarbonyl (C=S) groups is 1. The van der Waals surface area contributed by atoms with Gasteiger partial charge in [-0.05, 0) is 49.2 Å². The van der Waals surface area contributed by atoms with Crippen molar-refractivity contribution in [1.29, 1.82) is 0 Å². The first-order valence-electron chi connectivity index (χ1n) is 9.29. The summed E-state index contributed by atoms with van der Waals surface area (Å²) in [4.78, 5) is 38.2. The van der Waals surface area contributed by atoms with Gasteiger partial charge < -0.3 is 0 Å². The highest BCUT2D eigenvalue weighted by molar-refractivity contribution is 8.27. The van der Waals surface area contributed by atoms with Crippen molar-refractivity contribution in [3.05, 3.63) is 72.5 Å². The molecule has 0 saturated carbocycles. The number of hydrogen-bond donors (Lipinski definition) is 0. The summed E-state index contributed by atoms with van der Waals surface area (Å²) in [5.74, 6) is -0.338. The molecule has 2 heterocycles. The standard InChI is InChI=1S/C21H18N4O4S2/c1-11-5-6-14(7-12(11)2)24-19(26)18(31-21(24)30)9-13-8-16-17(10-15(13)25(28)29)23(4)20(27)22(16)3/h5-10H,1-4H3/b18-9-. The number of anilines is 1. The van der Waals surface area contributed by atoms with Gasteiger partial charge in [-0.3, -0.25) is 28.9 Å². The lowest BCUT2D eigenvalue weighted by Gasteiger charge is -2.15. The molecule has 0 atom stereocenters. The van der Waals surface area contributed by atoms with Gasteiger partial charge in [0.2, 0.25) is 0 Å². The Morgan fingerprint density at radius 1 is 1.03 bits per heavy atom. The zero-order chi connectivity index (χ0) is 22.6. The van der Waals surface area contributed by atoms with E-state index in [1.165, 1.54) is 26.2 Å². The van der Waals surface area contributed by atoms with Crippen LogP contribution in [0.25, 0.3) is 17.1 Å². The van der Waals surface area contributed by atoms with Crippen molar-refractivity contribution in [2.24, 2.45) is 14.1 Å². The van der Waals surface area contributed by atoms with Gasteiger partial charge in [0, 0.05) is 20.2 Å². The van der Waals surface area contributed by atoms with Crippen LogP contribution in [0, 0.1) is 24.0 Å². The summed E-state index contributed by atoms with van der Waals surface area (Å²) in [6, 6.07) is 8.53. The molecule has 158 valence electrons. The van der Waals surface area contributed by atoms with Crippen LogP contribution in [-0.2, 0) is 18.9 Å². The molecule has 1 amide bonds. The predicted octanol–water partition coefficient (Wildman–Crippen LogP) is 3.81. The number of aromatic nitrogens is 2. The normalized spacial score (nSPS) is 15.5. The number of nitro groups is 1. The van der Waals surface area contributed by atoms with Crippen molar-refractivity contribution in [3.8, 4) is 0 Å². The van der Waals surface area contributed by atoms with Crippen molar-refractivity contribution in [1.82, 2.24) is 9.13 Å². The van der Waals surface area contributed by atoms with E-state index < -0.39 is 4.92 Å². The molecule has 3 aromatic rings. The van der Waals surface area contributed by atoms with E-state index >= 15 is 0 Å². The highest BCUT2D eigenvalue weighted by Crippen LogP contribution is 2.38. The lowest BCUT2D eigenvalue weighted by molar-refractivity contribution is -0.385. The molecule has 1 saturated heterocycles. The largest absolute Gasteiger partial charge is 0.328 e. The van der Waals surface area contributed by atoms with E-state index in [2.05, 4.69) is 0 Å². The van der Waals surface area contributed by atoms with Crippen LogP contribution in [0.15, 0.2) is 40.0 Å². The van der Waals surface area contributed by atoms with Crippen LogP contribution in [-0.4, -0.2) is 24.3 Å². The molecule has 1 aromatic heterocycles. The maximum atomic E-state index is 13.1. The number of imidazole rings is 1. The fourth-order valence-electron chi connectivity index (χ4n) is 3.52. The van der Waals surface area contributed by atoms with Gasteiger partial charge in [-0.2, -0.15) is 0 Å². The Morgan fingerprint density at radius 2 is 1.68 bits per heavy atom. The quantitative estimate of drug-likeness (QED) is 0.259. The molecule has 1 aliphatic rings. The molecular weight excluding hydrogens is 436 g/mol. The van der Waals surface area contributed by atoms with E-state index in [1.807, 2.05) is 32.0 Å². The van der Waals surface area contributed by atoms with Gasteiger partial charge in [-0.25, -0.2) is 4.79 Å². The number of amides is 1. The summed E-state index contributed by atoms with van der Waals surface area (Å²) >= 11 is 6.51. The third kappa shape index (κ3) is 3.37. The van der Waals surface area contributed by atoms with Crippen molar-refractivity contribution in [3.63, 3.8) is 0 Å². The number of nitrogens with zero attached hydrogens (tertiary/aromatic N) is 4. The molecule has 0 unspecified atom stereocenters. The number of thioether (sulfide) groups is 1. The number of carbonyl (C=O) groups is 1. The van der Waals surface area contributed by atoms with E-state index in [9.17, 15) is 19.7 Å². The predicted molar refractivity (Wildman–Crippen MR) is 126 cm³/mol. The molecular formula is C21H18N4O4S2. The van der Waals surface area contributed by atoms with E-state index in [0.717, 1.165) is 22.9 Å². The zero-order valence-electron chi connectivity index (χ0n) is 17.2. The first-order valence-corrected chi connectivity index (χ1v) is 10.5. The second-order valence-electron chi connectivity index (χ2n) is 7.34. The van der Waals surface area contributed by atoms with E-state index in [1.54, 1.807) is 20.2 Å². The second-order valence-corrected chi connectivity index (χ2v) is 9.02. The Bertz CT molecular complexity index is 1400. The Balaban J connectivity index is 1.83. The van der Waals surface area contributed by atoms with Gasteiger partial charge >= 0.3 is 5.69 Å². The second kappa shape index (κ2) is 7.47. The van der Waals surface area contributed by atoms with Gasteiger partial charge in [0.25, 0.3) is 11.6 Å². The van der Waals surface area contributed by atoms with Crippen molar-refractivity contribution < 1.29 is 9.72 Å². The summed E-state index contributed by atoms with van der Waals surface area (Å²) in [5.41, 5.74) is 3.52. The van der Waals surface area contributed by atoms with Gasteiger partial charge in [-0.15, -0.1) is 0 Å². The molecule has 0 radical (unpaired) electrons. The Hall–Kier alpha value is -3.24. The first-order chi connectivity index (χ1) is 14.6. The lowest BCUT2D eigenvalue weighted by atomic mass is 10.1. The van der Waals surface area contributed by atoms with E-state index in [-0.39, 0.29) is 27.8 Å². The van der Waals surface area contributed by atoms with E-state index in [0.29, 0.717) is 21.0 Å². The third-order valence-electron chi connectivity index (χ3n) is 5.45. The highest BCUT2D eigenvalue weighted by Gasteiger charge is 2.34. The summed E-state index contributed by atoms with van der Waals surface area (Å²) in [6.07, 6.45) is 1.47. The molecule has 0 aliphatic carbocycles. The Labute approximate surface area is 186 Å².